The van der Waals surface area contributed by atoms with Gasteiger partial charge in [-0.3, -0.25) is 0 Å². The highest BCUT2D eigenvalue weighted by Gasteiger charge is 2.01. The molecule has 0 saturated heterocycles. The van der Waals surface area contributed by atoms with Gasteiger partial charge in [0.25, 0.3) is 0 Å². The molecule has 0 bridgehead atoms. The van der Waals surface area contributed by atoms with E-state index in [1.165, 1.54) is 57.8 Å². The minimum Gasteiger partial charge on any atom is -0.393 e. The number of hydrogen-bond donors (Lipinski definition) is 1. The molecular formula is C15H32O. The van der Waals surface area contributed by atoms with E-state index >= 15 is 0 Å². The molecule has 1 N–H and O–H groups in total. The van der Waals surface area contributed by atoms with Crippen molar-refractivity contribution < 1.29 is 5.11 Å². The van der Waals surface area contributed by atoms with Crippen LogP contribution in [0.15, 0.2) is 0 Å². The van der Waals surface area contributed by atoms with Gasteiger partial charge in [-0.05, 0) is 12.8 Å². The van der Waals surface area contributed by atoms with Crippen LogP contribution in [-0.2, 0) is 0 Å². The van der Waals surface area contributed by atoms with Crippen LogP contribution in [-0.4, -0.2) is 11.2 Å². The van der Waals surface area contributed by atoms with Gasteiger partial charge in [-0.15, -0.1) is 0 Å². The Kier molecular flexibility index (Phi) is 13.0. The summed E-state index contributed by atoms with van der Waals surface area (Å²) in [5.74, 6) is 0. The third-order valence-electron chi connectivity index (χ3n) is 3.26. The summed E-state index contributed by atoms with van der Waals surface area (Å²) in [5, 5.41) is 9.55. The van der Waals surface area contributed by atoms with Gasteiger partial charge in [-0.2, -0.15) is 0 Å². The summed E-state index contributed by atoms with van der Waals surface area (Å²) in [5.41, 5.74) is 0. The van der Waals surface area contributed by atoms with Crippen LogP contribution < -0.4 is 0 Å². The lowest BCUT2D eigenvalue weighted by atomic mass is 10.0. The topological polar surface area (TPSA) is 20.2 Å². The van der Waals surface area contributed by atoms with Crippen molar-refractivity contribution in [3.8, 4) is 0 Å². The van der Waals surface area contributed by atoms with Crippen molar-refractivity contribution in [2.24, 2.45) is 0 Å². The van der Waals surface area contributed by atoms with Gasteiger partial charge in [-0.1, -0.05) is 78.1 Å². The van der Waals surface area contributed by atoms with Gasteiger partial charge in [0.05, 0.1) is 6.10 Å². The molecule has 0 rings (SSSR count). The molecule has 0 radical (unpaired) electrons. The van der Waals surface area contributed by atoms with E-state index in [1.807, 2.05) is 0 Å². The number of aliphatic hydroxyl groups is 1. The smallest absolute Gasteiger partial charge is 0.0540 e. The predicted molar refractivity (Wildman–Crippen MR) is 72.8 cm³/mol. The third-order valence-corrected chi connectivity index (χ3v) is 3.26. The lowest BCUT2D eigenvalue weighted by Crippen LogP contribution is -2.04. The van der Waals surface area contributed by atoms with Gasteiger partial charge in [0.1, 0.15) is 0 Å². The fourth-order valence-corrected chi connectivity index (χ4v) is 2.17. The minimum absolute atomic E-state index is 0.0328. The van der Waals surface area contributed by atoms with Crippen LogP contribution in [0.5, 0.6) is 0 Å². The average Bonchev–Trinajstić information content (AvgIpc) is 2.27. The van der Waals surface area contributed by atoms with Crippen LogP contribution in [0.3, 0.4) is 0 Å². The van der Waals surface area contributed by atoms with Gasteiger partial charge < -0.3 is 5.11 Å². The first-order valence-corrected chi connectivity index (χ1v) is 7.49. The van der Waals surface area contributed by atoms with Crippen LogP contribution in [0.4, 0.5) is 0 Å². The van der Waals surface area contributed by atoms with Gasteiger partial charge in [0.15, 0.2) is 0 Å². The zero-order chi connectivity index (χ0) is 12.1. The molecule has 1 atom stereocenters. The van der Waals surface area contributed by atoms with Crippen molar-refractivity contribution in [1.82, 2.24) is 0 Å². The number of rotatable bonds is 12. The summed E-state index contributed by atoms with van der Waals surface area (Å²) in [7, 11) is 0. The second-order valence-electron chi connectivity index (χ2n) is 5.06. The molecule has 0 aliphatic carbocycles. The van der Waals surface area contributed by atoms with E-state index in [0.717, 1.165) is 19.3 Å². The first-order chi connectivity index (χ1) is 7.81. The quantitative estimate of drug-likeness (QED) is 0.462. The summed E-state index contributed by atoms with van der Waals surface area (Å²) in [6.45, 7) is 4.40. The Hall–Kier alpha value is -0.0400. The summed E-state index contributed by atoms with van der Waals surface area (Å²) in [6, 6.07) is 0. The van der Waals surface area contributed by atoms with Crippen LogP contribution >= 0.6 is 0 Å². The van der Waals surface area contributed by atoms with E-state index in [2.05, 4.69) is 13.8 Å². The maximum absolute atomic E-state index is 9.55. The molecule has 0 spiro atoms. The van der Waals surface area contributed by atoms with E-state index in [4.69, 9.17) is 0 Å². The van der Waals surface area contributed by atoms with Crippen molar-refractivity contribution >= 4 is 0 Å². The zero-order valence-corrected chi connectivity index (χ0v) is 11.5. The molecule has 1 nitrogen and oxygen atoms in total. The Morgan fingerprint density at radius 2 is 1.12 bits per heavy atom. The molecule has 0 aliphatic rings. The molecule has 0 aromatic carbocycles. The highest BCUT2D eigenvalue weighted by Crippen LogP contribution is 2.12. The molecule has 16 heavy (non-hydrogen) atoms. The van der Waals surface area contributed by atoms with Crippen LogP contribution in [0.25, 0.3) is 0 Å². The Balaban J connectivity index is 2.98. The second kappa shape index (κ2) is 13.0. The number of hydrogen-bond acceptors (Lipinski definition) is 1. The molecule has 0 fully saturated rings. The average molecular weight is 228 g/mol. The number of unbranched alkanes of at least 4 members (excludes halogenated alkanes) is 8. The van der Waals surface area contributed by atoms with Crippen molar-refractivity contribution in [3.05, 3.63) is 0 Å². The van der Waals surface area contributed by atoms with E-state index in [0.29, 0.717) is 0 Å². The summed E-state index contributed by atoms with van der Waals surface area (Å²) in [6.07, 6.45) is 15.4. The van der Waals surface area contributed by atoms with Crippen LogP contribution in [0, 0.1) is 0 Å². The van der Waals surface area contributed by atoms with Gasteiger partial charge in [-0.25, -0.2) is 0 Å². The summed E-state index contributed by atoms with van der Waals surface area (Å²) in [4.78, 5) is 0. The Bertz CT molecular complexity index is 123. The lowest BCUT2D eigenvalue weighted by Gasteiger charge is -2.08. The predicted octanol–water partition coefficient (Wildman–Crippen LogP) is 5.07. The maximum Gasteiger partial charge on any atom is 0.0540 e. The third kappa shape index (κ3) is 12.0. The maximum atomic E-state index is 9.55. The summed E-state index contributed by atoms with van der Waals surface area (Å²) < 4.78 is 0. The minimum atomic E-state index is -0.0328. The molecule has 0 aromatic rings. The molecule has 0 saturated carbocycles. The van der Waals surface area contributed by atoms with Crippen molar-refractivity contribution in [3.63, 3.8) is 0 Å². The largest absolute Gasteiger partial charge is 0.393 e. The molecule has 0 aromatic heterocycles. The van der Waals surface area contributed by atoms with Crippen LogP contribution in [0.2, 0.25) is 0 Å². The van der Waals surface area contributed by atoms with E-state index in [9.17, 15) is 5.11 Å². The molecule has 1 heteroatoms. The first kappa shape index (κ1) is 16.0. The van der Waals surface area contributed by atoms with Crippen LogP contribution in [0.1, 0.15) is 90.9 Å². The van der Waals surface area contributed by atoms with E-state index in [-0.39, 0.29) is 6.10 Å². The summed E-state index contributed by atoms with van der Waals surface area (Å²) >= 11 is 0. The Labute approximate surface area is 103 Å². The lowest BCUT2D eigenvalue weighted by molar-refractivity contribution is 0.150. The fourth-order valence-electron chi connectivity index (χ4n) is 2.17. The normalized spacial score (nSPS) is 12.9. The molecule has 98 valence electrons. The SMILES string of the molecule is CCCCCCCCCCC[C@H](O)CCC. The Morgan fingerprint density at radius 1 is 0.625 bits per heavy atom. The standard InChI is InChI=1S/C15H32O/c1-3-5-6-7-8-9-10-11-12-14-15(16)13-4-2/h15-16H,3-14H2,1-2H3/t15-/m1/s1. The van der Waals surface area contributed by atoms with E-state index in [1.54, 1.807) is 0 Å². The number of aliphatic hydroxyl groups excluding tert-OH is 1. The fraction of sp³-hybridized carbons (Fsp3) is 1.00. The van der Waals surface area contributed by atoms with Crippen molar-refractivity contribution in [1.29, 1.82) is 0 Å². The highest BCUT2D eigenvalue weighted by atomic mass is 16.3. The zero-order valence-electron chi connectivity index (χ0n) is 11.5. The van der Waals surface area contributed by atoms with Gasteiger partial charge in [0, 0.05) is 0 Å². The first-order valence-electron chi connectivity index (χ1n) is 7.49. The Morgan fingerprint density at radius 3 is 1.62 bits per heavy atom. The monoisotopic (exact) mass is 228 g/mol. The van der Waals surface area contributed by atoms with Crippen molar-refractivity contribution in [2.45, 2.75) is 97.0 Å². The van der Waals surface area contributed by atoms with Gasteiger partial charge in [0.2, 0.25) is 0 Å². The molecule has 0 aliphatic heterocycles. The molecule has 0 unspecified atom stereocenters. The van der Waals surface area contributed by atoms with Gasteiger partial charge >= 0.3 is 0 Å². The highest BCUT2D eigenvalue weighted by molar-refractivity contribution is 4.55. The molecule has 0 amide bonds. The molecular weight excluding hydrogens is 196 g/mol. The second-order valence-corrected chi connectivity index (χ2v) is 5.06. The van der Waals surface area contributed by atoms with E-state index < -0.39 is 0 Å². The molecule has 0 heterocycles. The van der Waals surface area contributed by atoms with Crippen molar-refractivity contribution in [2.75, 3.05) is 0 Å².